The molecule has 1 fully saturated rings. The van der Waals surface area contributed by atoms with Gasteiger partial charge in [0.2, 0.25) is 0 Å². The van der Waals surface area contributed by atoms with Gasteiger partial charge in [0.15, 0.2) is 0 Å². The minimum absolute atomic E-state index is 0.266. The second-order valence-electron chi connectivity index (χ2n) is 7.53. The zero-order valence-electron chi connectivity index (χ0n) is 17.8. The summed E-state index contributed by atoms with van der Waals surface area (Å²) < 4.78 is 7.94. The number of aryl methyl sites for hydroxylation is 1. The molecule has 0 unspecified atom stereocenters. The summed E-state index contributed by atoms with van der Waals surface area (Å²) in [6.45, 7) is 4.29. The van der Waals surface area contributed by atoms with Crippen LogP contribution in [0.25, 0.3) is 11.8 Å². The summed E-state index contributed by atoms with van der Waals surface area (Å²) in [6, 6.07) is 14.6. The number of nitrogens with zero attached hydrogens (tertiary/aromatic N) is 2. The number of amides is 3. The minimum atomic E-state index is -0.425. The summed E-state index contributed by atoms with van der Waals surface area (Å²) in [6.07, 6.45) is 1.70. The van der Waals surface area contributed by atoms with E-state index >= 15 is 0 Å². The number of imide groups is 1. The van der Waals surface area contributed by atoms with Crippen LogP contribution < -0.4 is 10.1 Å². The van der Waals surface area contributed by atoms with Crippen LogP contribution in [0.3, 0.4) is 0 Å². The lowest BCUT2D eigenvalue weighted by Crippen LogP contribution is -2.25. The molecular formula is C24H21Cl2N3O3. The van der Waals surface area contributed by atoms with Crippen LogP contribution in [0.2, 0.25) is 10.0 Å². The maximum atomic E-state index is 12.2. The zero-order valence-corrected chi connectivity index (χ0v) is 19.3. The van der Waals surface area contributed by atoms with Gasteiger partial charge >= 0.3 is 6.03 Å². The summed E-state index contributed by atoms with van der Waals surface area (Å²) >= 11 is 12.1. The average molecular weight is 470 g/mol. The Balaban J connectivity index is 1.53. The van der Waals surface area contributed by atoms with Crippen molar-refractivity contribution in [1.29, 1.82) is 0 Å². The van der Waals surface area contributed by atoms with Gasteiger partial charge in [0, 0.05) is 39.7 Å². The fraction of sp³-hybridized carbons (Fsp3) is 0.167. The van der Waals surface area contributed by atoms with Crippen LogP contribution in [0.4, 0.5) is 4.79 Å². The predicted molar refractivity (Wildman–Crippen MR) is 125 cm³/mol. The van der Waals surface area contributed by atoms with E-state index in [1.54, 1.807) is 18.2 Å². The lowest BCUT2D eigenvalue weighted by molar-refractivity contribution is -0.121. The minimum Gasteiger partial charge on any atom is -0.489 e. The summed E-state index contributed by atoms with van der Waals surface area (Å²) in [5, 5.41) is 3.75. The van der Waals surface area contributed by atoms with Crippen molar-refractivity contribution in [2.24, 2.45) is 0 Å². The first-order valence-electron chi connectivity index (χ1n) is 9.91. The third-order valence-electron chi connectivity index (χ3n) is 5.36. The number of nitrogens with one attached hydrogen (secondary N) is 1. The highest BCUT2D eigenvalue weighted by molar-refractivity contribution is 6.35. The Labute approximate surface area is 196 Å². The Morgan fingerprint density at radius 1 is 1.03 bits per heavy atom. The molecule has 32 heavy (non-hydrogen) atoms. The monoisotopic (exact) mass is 469 g/mol. The van der Waals surface area contributed by atoms with Gasteiger partial charge < -0.3 is 14.6 Å². The number of halogens is 2. The quantitative estimate of drug-likeness (QED) is 0.396. The summed E-state index contributed by atoms with van der Waals surface area (Å²) in [5.41, 5.74) is 4.89. The molecular weight excluding hydrogens is 449 g/mol. The lowest BCUT2D eigenvalue weighted by Gasteiger charge is -2.12. The number of hydrogen-bond acceptors (Lipinski definition) is 3. The Hall–Kier alpha value is -3.22. The topological polar surface area (TPSA) is 63.6 Å². The van der Waals surface area contributed by atoms with Gasteiger partial charge in [0.05, 0.1) is 0 Å². The van der Waals surface area contributed by atoms with Crippen molar-refractivity contribution in [3.05, 3.63) is 86.8 Å². The van der Waals surface area contributed by atoms with Crippen molar-refractivity contribution in [3.8, 4) is 11.4 Å². The third kappa shape index (κ3) is 4.24. The Bertz CT molecular complexity index is 1250. The normalized spacial score (nSPS) is 14.9. The number of carbonyl (C=O) groups is 2. The second-order valence-corrected chi connectivity index (χ2v) is 8.38. The largest absolute Gasteiger partial charge is 0.489 e. The standard InChI is InChI=1S/C24H21Cl2N3O3/c1-14-10-17(11-22-23(30)28(3)24(31)27-22)15(2)29(14)19-6-8-20(9-7-19)32-13-16-4-5-18(25)12-21(16)26/h4-12H,13H2,1-3H3,(H,27,31)/b22-11+. The number of ether oxygens (including phenoxy) is 1. The van der Waals surface area contributed by atoms with Gasteiger partial charge in [-0.15, -0.1) is 0 Å². The molecule has 6 nitrogen and oxygen atoms in total. The van der Waals surface area contributed by atoms with Crippen LogP contribution >= 0.6 is 23.2 Å². The molecule has 1 aliphatic rings. The van der Waals surface area contributed by atoms with Gasteiger partial charge in [0.1, 0.15) is 18.1 Å². The Morgan fingerprint density at radius 3 is 2.38 bits per heavy atom. The van der Waals surface area contributed by atoms with Crippen molar-refractivity contribution in [1.82, 2.24) is 14.8 Å². The van der Waals surface area contributed by atoms with Crippen molar-refractivity contribution in [2.45, 2.75) is 20.5 Å². The van der Waals surface area contributed by atoms with Gasteiger partial charge in [-0.25, -0.2) is 4.79 Å². The van der Waals surface area contributed by atoms with E-state index in [4.69, 9.17) is 27.9 Å². The predicted octanol–water partition coefficient (Wildman–Crippen LogP) is 5.50. The molecule has 0 radical (unpaired) electrons. The van der Waals surface area contributed by atoms with Gasteiger partial charge in [-0.2, -0.15) is 0 Å². The summed E-state index contributed by atoms with van der Waals surface area (Å²) in [4.78, 5) is 24.9. The van der Waals surface area contributed by atoms with E-state index < -0.39 is 6.03 Å². The molecule has 164 valence electrons. The first kappa shape index (κ1) is 22.0. The van der Waals surface area contributed by atoms with E-state index in [1.165, 1.54) is 7.05 Å². The molecule has 2 aromatic carbocycles. The number of benzene rings is 2. The third-order valence-corrected chi connectivity index (χ3v) is 5.94. The van der Waals surface area contributed by atoms with Crippen molar-refractivity contribution >= 4 is 41.2 Å². The molecule has 2 heterocycles. The molecule has 0 atom stereocenters. The van der Waals surface area contributed by atoms with Gasteiger partial charge in [-0.3, -0.25) is 9.69 Å². The zero-order chi connectivity index (χ0) is 23.0. The molecule has 4 rings (SSSR count). The highest BCUT2D eigenvalue weighted by Gasteiger charge is 2.30. The lowest BCUT2D eigenvalue weighted by atomic mass is 10.2. The molecule has 3 aromatic rings. The van der Waals surface area contributed by atoms with E-state index in [2.05, 4.69) is 9.88 Å². The van der Waals surface area contributed by atoms with Crippen LogP contribution in [0.5, 0.6) is 5.75 Å². The molecule has 3 amide bonds. The molecule has 1 aliphatic heterocycles. The van der Waals surface area contributed by atoms with Crippen molar-refractivity contribution in [2.75, 3.05) is 7.05 Å². The molecule has 1 N–H and O–H groups in total. The number of rotatable bonds is 5. The smallest absolute Gasteiger partial charge is 0.328 e. The molecule has 0 bridgehead atoms. The van der Waals surface area contributed by atoms with Crippen LogP contribution in [-0.2, 0) is 11.4 Å². The number of carbonyl (C=O) groups excluding carboxylic acids is 2. The van der Waals surface area contributed by atoms with Gasteiger partial charge in [-0.05, 0) is 68.0 Å². The van der Waals surface area contributed by atoms with Gasteiger partial charge in [0.25, 0.3) is 5.91 Å². The molecule has 0 saturated carbocycles. The van der Waals surface area contributed by atoms with Crippen LogP contribution in [0, 0.1) is 13.8 Å². The van der Waals surface area contributed by atoms with E-state index in [0.717, 1.165) is 33.1 Å². The molecule has 0 spiro atoms. The molecule has 1 aromatic heterocycles. The average Bonchev–Trinajstić information content (AvgIpc) is 3.17. The number of aromatic nitrogens is 1. The highest BCUT2D eigenvalue weighted by Crippen LogP contribution is 2.26. The fourth-order valence-corrected chi connectivity index (χ4v) is 4.06. The van der Waals surface area contributed by atoms with Crippen molar-refractivity contribution < 1.29 is 14.3 Å². The number of likely N-dealkylation sites (N-methyl/N-ethyl adjacent to an activating group) is 1. The number of urea groups is 1. The highest BCUT2D eigenvalue weighted by atomic mass is 35.5. The van der Waals surface area contributed by atoms with Crippen molar-refractivity contribution in [3.63, 3.8) is 0 Å². The van der Waals surface area contributed by atoms with E-state index in [1.807, 2.05) is 50.2 Å². The van der Waals surface area contributed by atoms with E-state index in [-0.39, 0.29) is 11.6 Å². The summed E-state index contributed by atoms with van der Waals surface area (Å²) in [7, 11) is 1.45. The second kappa shape index (κ2) is 8.73. The van der Waals surface area contributed by atoms with Gasteiger partial charge in [-0.1, -0.05) is 29.3 Å². The van der Waals surface area contributed by atoms with Crippen LogP contribution in [-0.4, -0.2) is 28.5 Å². The van der Waals surface area contributed by atoms with E-state index in [9.17, 15) is 9.59 Å². The Kier molecular flexibility index (Phi) is 6.00. The maximum absolute atomic E-state index is 12.2. The number of hydrogen-bond donors (Lipinski definition) is 1. The Morgan fingerprint density at radius 2 is 1.75 bits per heavy atom. The first-order valence-corrected chi connectivity index (χ1v) is 10.7. The van der Waals surface area contributed by atoms with Crippen LogP contribution in [0.15, 0.2) is 54.2 Å². The van der Waals surface area contributed by atoms with Crippen LogP contribution in [0.1, 0.15) is 22.5 Å². The fourth-order valence-electron chi connectivity index (χ4n) is 3.60. The molecule has 8 heteroatoms. The molecule has 1 saturated heterocycles. The maximum Gasteiger partial charge on any atom is 0.328 e. The van der Waals surface area contributed by atoms with E-state index in [0.29, 0.717) is 22.4 Å². The SMILES string of the molecule is Cc1cc(/C=C2/NC(=O)N(C)C2=O)c(C)n1-c1ccc(OCc2ccc(Cl)cc2Cl)cc1. The molecule has 0 aliphatic carbocycles. The summed E-state index contributed by atoms with van der Waals surface area (Å²) in [5.74, 6) is 0.369. The first-order chi connectivity index (χ1) is 15.2.